The van der Waals surface area contributed by atoms with E-state index in [0.717, 1.165) is 9.88 Å². The highest BCUT2D eigenvalue weighted by Crippen LogP contribution is 2.11. The van der Waals surface area contributed by atoms with Gasteiger partial charge in [-0.2, -0.15) is 0 Å². The number of carbonyl (C=O) groups is 1. The number of carbonyl (C=O) groups excluding carboxylic acids is 1. The standard InChI is InChI=1S/C10H11N3O2S/c1-6-3-9(15-13-6)10(14)12-5-8-4-11-7(2)16-8/h3-4H,5H2,1-2H3,(H,12,14). The van der Waals surface area contributed by atoms with Crippen molar-refractivity contribution in [2.75, 3.05) is 0 Å². The smallest absolute Gasteiger partial charge is 0.290 e. The van der Waals surface area contributed by atoms with Gasteiger partial charge in [0.2, 0.25) is 5.76 Å². The quantitative estimate of drug-likeness (QED) is 0.881. The van der Waals surface area contributed by atoms with Crippen molar-refractivity contribution in [2.45, 2.75) is 20.4 Å². The fourth-order valence-corrected chi connectivity index (χ4v) is 1.95. The van der Waals surface area contributed by atoms with E-state index in [-0.39, 0.29) is 11.7 Å². The molecule has 0 aliphatic rings. The first kappa shape index (κ1) is 10.8. The van der Waals surface area contributed by atoms with Crippen LogP contribution >= 0.6 is 11.3 Å². The highest BCUT2D eigenvalue weighted by molar-refractivity contribution is 7.11. The average molecular weight is 237 g/mol. The Bertz CT molecular complexity index is 504. The lowest BCUT2D eigenvalue weighted by Crippen LogP contribution is -2.21. The van der Waals surface area contributed by atoms with E-state index >= 15 is 0 Å². The number of rotatable bonds is 3. The molecular weight excluding hydrogens is 226 g/mol. The summed E-state index contributed by atoms with van der Waals surface area (Å²) in [5.41, 5.74) is 0.693. The van der Waals surface area contributed by atoms with Gasteiger partial charge in [-0.3, -0.25) is 4.79 Å². The molecule has 2 aromatic rings. The van der Waals surface area contributed by atoms with Crippen LogP contribution in [0.25, 0.3) is 0 Å². The summed E-state index contributed by atoms with van der Waals surface area (Å²) in [7, 11) is 0. The molecular formula is C10H11N3O2S. The fraction of sp³-hybridized carbons (Fsp3) is 0.300. The molecule has 5 nitrogen and oxygen atoms in total. The average Bonchev–Trinajstić information content (AvgIpc) is 2.84. The van der Waals surface area contributed by atoms with Crippen molar-refractivity contribution in [1.29, 1.82) is 0 Å². The predicted octanol–water partition coefficient (Wildman–Crippen LogP) is 1.68. The van der Waals surface area contributed by atoms with Crippen LogP contribution in [-0.2, 0) is 6.54 Å². The van der Waals surface area contributed by atoms with Crippen LogP contribution in [0.5, 0.6) is 0 Å². The van der Waals surface area contributed by atoms with E-state index < -0.39 is 0 Å². The zero-order valence-corrected chi connectivity index (χ0v) is 9.80. The van der Waals surface area contributed by atoms with Gasteiger partial charge in [-0.25, -0.2) is 4.98 Å². The molecule has 2 aromatic heterocycles. The molecule has 0 fully saturated rings. The van der Waals surface area contributed by atoms with Crippen molar-refractivity contribution < 1.29 is 9.32 Å². The van der Waals surface area contributed by atoms with Crippen LogP contribution in [0, 0.1) is 13.8 Å². The van der Waals surface area contributed by atoms with Crippen LogP contribution in [0.2, 0.25) is 0 Å². The molecule has 0 radical (unpaired) electrons. The monoisotopic (exact) mass is 237 g/mol. The van der Waals surface area contributed by atoms with Gasteiger partial charge in [0.15, 0.2) is 0 Å². The third-order valence-electron chi connectivity index (χ3n) is 1.94. The number of nitrogens with one attached hydrogen (secondary N) is 1. The summed E-state index contributed by atoms with van der Waals surface area (Å²) in [6.07, 6.45) is 1.76. The van der Waals surface area contributed by atoms with Gasteiger partial charge in [0, 0.05) is 17.1 Å². The zero-order chi connectivity index (χ0) is 11.5. The topological polar surface area (TPSA) is 68.0 Å². The molecule has 0 spiro atoms. The van der Waals surface area contributed by atoms with Gasteiger partial charge in [-0.1, -0.05) is 5.16 Å². The maximum absolute atomic E-state index is 11.6. The van der Waals surface area contributed by atoms with Crippen molar-refractivity contribution in [2.24, 2.45) is 0 Å². The lowest BCUT2D eigenvalue weighted by molar-refractivity contribution is 0.0914. The molecule has 16 heavy (non-hydrogen) atoms. The van der Waals surface area contributed by atoms with Gasteiger partial charge in [0.25, 0.3) is 5.91 Å². The molecule has 0 unspecified atom stereocenters. The highest BCUT2D eigenvalue weighted by atomic mass is 32.1. The summed E-state index contributed by atoms with van der Waals surface area (Å²) in [5, 5.41) is 7.38. The van der Waals surface area contributed by atoms with Crippen LogP contribution in [0.4, 0.5) is 0 Å². The number of thiazole rings is 1. The minimum Gasteiger partial charge on any atom is -0.351 e. The van der Waals surface area contributed by atoms with Gasteiger partial charge >= 0.3 is 0 Å². The Hall–Kier alpha value is -1.69. The number of hydrogen-bond donors (Lipinski definition) is 1. The first-order valence-electron chi connectivity index (χ1n) is 4.78. The van der Waals surface area contributed by atoms with Crippen molar-refractivity contribution in [1.82, 2.24) is 15.5 Å². The van der Waals surface area contributed by atoms with Crippen molar-refractivity contribution in [3.63, 3.8) is 0 Å². The number of amides is 1. The Morgan fingerprint density at radius 3 is 2.94 bits per heavy atom. The number of hydrogen-bond acceptors (Lipinski definition) is 5. The zero-order valence-electron chi connectivity index (χ0n) is 8.98. The molecule has 0 atom stereocenters. The Morgan fingerprint density at radius 2 is 2.38 bits per heavy atom. The summed E-state index contributed by atoms with van der Waals surface area (Å²) in [6, 6.07) is 1.60. The Kier molecular flexibility index (Phi) is 3.00. The third-order valence-corrected chi connectivity index (χ3v) is 2.86. The van der Waals surface area contributed by atoms with Gasteiger partial charge in [0.05, 0.1) is 17.2 Å². The second-order valence-corrected chi connectivity index (χ2v) is 4.68. The first-order valence-corrected chi connectivity index (χ1v) is 5.59. The maximum atomic E-state index is 11.6. The largest absolute Gasteiger partial charge is 0.351 e. The highest BCUT2D eigenvalue weighted by Gasteiger charge is 2.11. The summed E-state index contributed by atoms with van der Waals surface area (Å²) in [6.45, 7) is 4.16. The third kappa shape index (κ3) is 2.46. The van der Waals surface area contributed by atoms with E-state index in [9.17, 15) is 4.79 Å². The minimum absolute atomic E-state index is 0.235. The minimum atomic E-state index is -0.258. The second-order valence-electron chi connectivity index (χ2n) is 3.36. The summed E-state index contributed by atoms with van der Waals surface area (Å²) in [4.78, 5) is 16.7. The Balaban J connectivity index is 1.93. The van der Waals surface area contributed by atoms with E-state index in [2.05, 4.69) is 15.5 Å². The van der Waals surface area contributed by atoms with Crippen molar-refractivity contribution in [3.05, 3.63) is 33.6 Å². The molecule has 1 N–H and O–H groups in total. The van der Waals surface area contributed by atoms with E-state index in [1.807, 2.05) is 6.92 Å². The molecule has 0 saturated heterocycles. The lowest BCUT2D eigenvalue weighted by atomic mass is 10.3. The first-order chi connectivity index (χ1) is 7.65. The molecule has 6 heteroatoms. The van der Waals surface area contributed by atoms with E-state index in [0.29, 0.717) is 12.2 Å². The van der Waals surface area contributed by atoms with Crippen LogP contribution in [0.1, 0.15) is 26.1 Å². The van der Waals surface area contributed by atoms with E-state index in [1.165, 1.54) is 0 Å². The summed E-state index contributed by atoms with van der Waals surface area (Å²) in [5.74, 6) is -0.0228. The van der Waals surface area contributed by atoms with Crippen LogP contribution in [-0.4, -0.2) is 16.0 Å². The van der Waals surface area contributed by atoms with E-state index in [4.69, 9.17) is 4.52 Å². The molecule has 0 saturated carbocycles. The van der Waals surface area contributed by atoms with Crippen molar-refractivity contribution in [3.8, 4) is 0 Å². The molecule has 0 bridgehead atoms. The van der Waals surface area contributed by atoms with Gasteiger partial charge in [0.1, 0.15) is 0 Å². The van der Waals surface area contributed by atoms with E-state index in [1.54, 1.807) is 30.5 Å². The van der Waals surface area contributed by atoms with Crippen molar-refractivity contribution >= 4 is 17.2 Å². The number of aryl methyl sites for hydroxylation is 2. The molecule has 84 valence electrons. The van der Waals surface area contributed by atoms with Crippen LogP contribution in [0.15, 0.2) is 16.8 Å². The molecule has 2 rings (SSSR count). The second kappa shape index (κ2) is 4.44. The molecule has 0 aliphatic carbocycles. The Labute approximate surface area is 96.5 Å². The summed E-state index contributed by atoms with van der Waals surface area (Å²) >= 11 is 1.56. The molecule has 0 aromatic carbocycles. The number of nitrogens with zero attached hydrogens (tertiary/aromatic N) is 2. The predicted molar refractivity (Wildman–Crippen MR) is 59.3 cm³/mol. The molecule has 0 aliphatic heterocycles. The SMILES string of the molecule is Cc1cc(C(=O)NCc2cnc(C)s2)on1. The Morgan fingerprint density at radius 1 is 1.56 bits per heavy atom. The normalized spacial score (nSPS) is 10.4. The fourth-order valence-electron chi connectivity index (χ4n) is 1.21. The molecule has 2 heterocycles. The van der Waals surface area contributed by atoms with Crippen LogP contribution in [0.3, 0.4) is 0 Å². The van der Waals surface area contributed by atoms with Gasteiger partial charge < -0.3 is 9.84 Å². The molecule has 1 amide bonds. The maximum Gasteiger partial charge on any atom is 0.290 e. The summed E-state index contributed by atoms with van der Waals surface area (Å²) < 4.78 is 4.85. The van der Waals surface area contributed by atoms with Gasteiger partial charge in [-0.15, -0.1) is 11.3 Å². The number of aromatic nitrogens is 2. The lowest BCUT2D eigenvalue weighted by Gasteiger charge is -1.98. The van der Waals surface area contributed by atoms with Gasteiger partial charge in [-0.05, 0) is 13.8 Å². The van der Waals surface area contributed by atoms with Crippen LogP contribution < -0.4 is 5.32 Å².